The van der Waals surface area contributed by atoms with E-state index in [4.69, 9.17) is 4.74 Å². The third kappa shape index (κ3) is 7.02. The number of benzene rings is 1. The van der Waals surface area contributed by atoms with Gasteiger partial charge in [-0.2, -0.15) is 13.2 Å². The average molecular weight is 303 g/mol. The molecule has 0 aliphatic rings. The summed E-state index contributed by atoms with van der Waals surface area (Å²) < 4.78 is 42.3. The van der Waals surface area contributed by atoms with E-state index in [0.717, 1.165) is 18.6 Å². The van der Waals surface area contributed by atoms with Crippen LogP contribution in [0.3, 0.4) is 0 Å². The van der Waals surface area contributed by atoms with Crippen LogP contribution in [0.4, 0.5) is 13.2 Å². The number of alkyl halides is 3. The maximum atomic E-state index is 12.4. The molecule has 0 saturated heterocycles. The van der Waals surface area contributed by atoms with Gasteiger partial charge in [-0.25, -0.2) is 0 Å². The SMILES string of the molecule is CC(C)CCC(=O)NCCOc1ccc(C(F)(F)F)cc1. The number of nitrogens with one attached hydrogen (secondary N) is 1. The van der Waals surface area contributed by atoms with Crippen LogP contribution in [0.2, 0.25) is 0 Å². The number of halogens is 3. The lowest BCUT2D eigenvalue weighted by Gasteiger charge is -2.10. The van der Waals surface area contributed by atoms with Gasteiger partial charge in [-0.15, -0.1) is 0 Å². The predicted octanol–water partition coefficient (Wildman–Crippen LogP) is 3.64. The number of amides is 1. The topological polar surface area (TPSA) is 38.3 Å². The number of hydrogen-bond donors (Lipinski definition) is 1. The molecule has 0 radical (unpaired) electrons. The van der Waals surface area contributed by atoms with Crippen LogP contribution in [0.25, 0.3) is 0 Å². The monoisotopic (exact) mass is 303 g/mol. The van der Waals surface area contributed by atoms with Crippen LogP contribution in [-0.2, 0) is 11.0 Å². The van der Waals surface area contributed by atoms with E-state index in [1.807, 2.05) is 13.8 Å². The number of ether oxygens (including phenoxy) is 1. The first kappa shape index (κ1) is 17.3. The predicted molar refractivity (Wildman–Crippen MR) is 74.0 cm³/mol. The van der Waals surface area contributed by atoms with E-state index >= 15 is 0 Å². The van der Waals surface area contributed by atoms with Gasteiger partial charge in [-0.1, -0.05) is 13.8 Å². The minimum Gasteiger partial charge on any atom is -0.492 e. The van der Waals surface area contributed by atoms with Crippen LogP contribution in [0.15, 0.2) is 24.3 Å². The van der Waals surface area contributed by atoms with Crippen molar-refractivity contribution in [3.05, 3.63) is 29.8 Å². The van der Waals surface area contributed by atoms with Crippen LogP contribution in [0.5, 0.6) is 5.75 Å². The number of hydrogen-bond acceptors (Lipinski definition) is 2. The van der Waals surface area contributed by atoms with Crippen LogP contribution >= 0.6 is 0 Å². The minimum atomic E-state index is -4.34. The molecule has 0 aliphatic carbocycles. The van der Waals surface area contributed by atoms with Gasteiger partial charge >= 0.3 is 6.18 Å². The molecule has 0 atom stereocenters. The summed E-state index contributed by atoms with van der Waals surface area (Å²) in [6, 6.07) is 4.47. The van der Waals surface area contributed by atoms with Crippen molar-refractivity contribution in [2.45, 2.75) is 32.9 Å². The first-order valence-electron chi connectivity index (χ1n) is 6.86. The highest BCUT2D eigenvalue weighted by Gasteiger charge is 2.29. The Bertz CT molecular complexity index is 441. The second kappa shape index (κ2) is 7.90. The molecule has 1 aromatic rings. The highest BCUT2D eigenvalue weighted by molar-refractivity contribution is 5.75. The van der Waals surface area contributed by atoms with E-state index in [9.17, 15) is 18.0 Å². The van der Waals surface area contributed by atoms with Crippen molar-refractivity contribution in [3.8, 4) is 5.75 Å². The third-order valence-electron chi connectivity index (χ3n) is 2.82. The summed E-state index contributed by atoms with van der Waals surface area (Å²) in [5, 5.41) is 2.70. The van der Waals surface area contributed by atoms with Crippen molar-refractivity contribution in [1.82, 2.24) is 5.32 Å². The first-order valence-corrected chi connectivity index (χ1v) is 6.86. The Morgan fingerprint density at radius 2 is 1.86 bits per heavy atom. The molecule has 0 spiro atoms. The lowest BCUT2D eigenvalue weighted by molar-refractivity contribution is -0.137. The molecule has 0 aliphatic heterocycles. The van der Waals surface area contributed by atoms with Gasteiger partial charge in [0.1, 0.15) is 12.4 Å². The van der Waals surface area contributed by atoms with Gasteiger partial charge in [0.2, 0.25) is 5.91 Å². The second-order valence-electron chi connectivity index (χ2n) is 5.15. The Labute approximate surface area is 122 Å². The van der Waals surface area contributed by atoms with E-state index < -0.39 is 11.7 Å². The first-order chi connectivity index (χ1) is 9.79. The maximum absolute atomic E-state index is 12.4. The molecule has 0 bridgehead atoms. The van der Waals surface area contributed by atoms with Crippen molar-refractivity contribution in [1.29, 1.82) is 0 Å². The summed E-state index contributed by atoms with van der Waals surface area (Å²) in [5.41, 5.74) is -0.711. The van der Waals surface area contributed by atoms with E-state index in [2.05, 4.69) is 5.32 Å². The molecule has 0 fully saturated rings. The highest BCUT2D eigenvalue weighted by atomic mass is 19.4. The quantitative estimate of drug-likeness (QED) is 0.781. The lowest BCUT2D eigenvalue weighted by atomic mass is 10.1. The summed E-state index contributed by atoms with van der Waals surface area (Å²) in [5.74, 6) is 0.776. The van der Waals surface area contributed by atoms with Gasteiger partial charge in [-0.3, -0.25) is 4.79 Å². The largest absolute Gasteiger partial charge is 0.492 e. The van der Waals surface area contributed by atoms with E-state index in [-0.39, 0.29) is 12.5 Å². The summed E-state index contributed by atoms with van der Waals surface area (Å²) in [4.78, 5) is 11.4. The van der Waals surface area contributed by atoms with E-state index in [0.29, 0.717) is 24.6 Å². The molecule has 118 valence electrons. The Morgan fingerprint density at radius 3 is 2.38 bits per heavy atom. The fourth-order valence-corrected chi connectivity index (χ4v) is 1.61. The summed E-state index contributed by atoms with van der Waals surface area (Å²) in [6.07, 6.45) is -3.05. The second-order valence-corrected chi connectivity index (χ2v) is 5.15. The van der Waals surface area contributed by atoms with Gasteiger partial charge in [-0.05, 0) is 36.6 Å². The molecule has 21 heavy (non-hydrogen) atoms. The zero-order chi connectivity index (χ0) is 15.9. The van der Waals surface area contributed by atoms with Gasteiger partial charge in [0.25, 0.3) is 0 Å². The molecule has 1 rings (SSSR count). The normalized spacial score (nSPS) is 11.5. The molecule has 6 heteroatoms. The summed E-state index contributed by atoms with van der Waals surface area (Å²) in [7, 11) is 0. The molecule has 0 unspecified atom stereocenters. The Hall–Kier alpha value is -1.72. The van der Waals surface area contributed by atoms with Gasteiger partial charge < -0.3 is 10.1 Å². The highest BCUT2D eigenvalue weighted by Crippen LogP contribution is 2.30. The zero-order valence-corrected chi connectivity index (χ0v) is 12.2. The average Bonchev–Trinajstić information content (AvgIpc) is 2.41. The Balaban J connectivity index is 2.25. The Morgan fingerprint density at radius 1 is 1.24 bits per heavy atom. The number of rotatable bonds is 7. The van der Waals surface area contributed by atoms with Crippen LogP contribution in [0, 0.1) is 5.92 Å². The van der Waals surface area contributed by atoms with Gasteiger partial charge in [0.15, 0.2) is 0 Å². The summed E-state index contributed by atoms with van der Waals surface area (Å²) in [6.45, 7) is 4.64. The van der Waals surface area contributed by atoms with Gasteiger partial charge in [0.05, 0.1) is 12.1 Å². The molecule has 0 aromatic heterocycles. The van der Waals surface area contributed by atoms with E-state index in [1.54, 1.807) is 0 Å². The van der Waals surface area contributed by atoms with Crippen molar-refractivity contribution < 1.29 is 22.7 Å². The van der Waals surface area contributed by atoms with Crippen LogP contribution in [0.1, 0.15) is 32.3 Å². The molecular weight excluding hydrogens is 283 g/mol. The standard InChI is InChI=1S/C15H20F3NO2/c1-11(2)3-8-14(20)19-9-10-21-13-6-4-12(5-7-13)15(16,17)18/h4-7,11H,3,8-10H2,1-2H3,(H,19,20). The molecule has 1 N–H and O–H groups in total. The van der Waals surface area contributed by atoms with Crippen LogP contribution in [-0.4, -0.2) is 19.1 Å². The summed E-state index contributed by atoms with van der Waals surface area (Å²) >= 11 is 0. The van der Waals surface area contributed by atoms with Gasteiger partial charge in [0, 0.05) is 6.42 Å². The maximum Gasteiger partial charge on any atom is 0.416 e. The van der Waals surface area contributed by atoms with Crippen molar-refractivity contribution in [2.75, 3.05) is 13.2 Å². The molecule has 0 heterocycles. The lowest BCUT2D eigenvalue weighted by Crippen LogP contribution is -2.28. The molecule has 0 saturated carbocycles. The molecule has 1 aromatic carbocycles. The van der Waals surface area contributed by atoms with Crippen molar-refractivity contribution in [2.24, 2.45) is 5.92 Å². The van der Waals surface area contributed by atoms with Crippen molar-refractivity contribution in [3.63, 3.8) is 0 Å². The third-order valence-corrected chi connectivity index (χ3v) is 2.82. The minimum absolute atomic E-state index is 0.0419. The van der Waals surface area contributed by atoms with Crippen molar-refractivity contribution >= 4 is 5.91 Å². The smallest absolute Gasteiger partial charge is 0.416 e. The van der Waals surface area contributed by atoms with Crippen LogP contribution < -0.4 is 10.1 Å². The molecule has 3 nitrogen and oxygen atoms in total. The number of carbonyl (C=O) groups is 1. The zero-order valence-electron chi connectivity index (χ0n) is 12.2. The number of carbonyl (C=O) groups excluding carboxylic acids is 1. The van der Waals surface area contributed by atoms with E-state index in [1.165, 1.54) is 12.1 Å². The molecule has 1 amide bonds. The molecular formula is C15H20F3NO2. The fraction of sp³-hybridized carbons (Fsp3) is 0.533. The Kier molecular flexibility index (Phi) is 6.52. The fourth-order valence-electron chi connectivity index (χ4n) is 1.61.